The second-order valence-electron chi connectivity index (χ2n) is 4.38. The fraction of sp³-hybridized carbons (Fsp3) is 1.00. The molecular formula is C10H20O3. The van der Waals surface area contributed by atoms with Crippen LogP contribution in [0.1, 0.15) is 27.7 Å². The predicted molar refractivity (Wildman–Crippen MR) is 50.6 cm³/mol. The van der Waals surface area contributed by atoms with Crippen molar-refractivity contribution >= 4 is 0 Å². The standard InChI is InChI=1S/C10H20O3/c1-8(2)5-11-6-9-7-12-10(3,4)13-9/h8-9H,5-7H2,1-4H3. The molecule has 0 amide bonds. The van der Waals surface area contributed by atoms with Crippen LogP contribution in [0.25, 0.3) is 0 Å². The number of ether oxygens (including phenoxy) is 3. The number of hydrogen-bond acceptors (Lipinski definition) is 3. The van der Waals surface area contributed by atoms with E-state index in [2.05, 4.69) is 13.8 Å². The molecule has 1 saturated heterocycles. The van der Waals surface area contributed by atoms with Crippen LogP contribution in [0, 0.1) is 5.92 Å². The van der Waals surface area contributed by atoms with Crippen molar-refractivity contribution in [1.82, 2.24) is 0 Å². The summed E-state index contributed by atoms with van der Waals surface area (Å²) in [6, 6.07) is 0. The molecule has 13 heavy (non-hydrogen) atoms. The maximum absolute atomic E-state index is 5.58. The normalized spacial score (nSPS) is 27.0. The van der Waals surface area contributed by atoms with Crippen molar-refractivity contribution in [2.75, 3.05) is 19.8 Å². The molecule has 0 spiro atoms. The molecule has 0 aliphatic carbocycles. The molecule has 78 valence electrons. The Labute approximate surface area is 80.4 Å². The molecule has 0 aromatic rings. The molecule has 1 aliphatic heterocycles. The average Bonchev–Trinajstić information content (AvgIpc) is 2.29. The Bertz CT molecular complexity index is 154. The SMILES string of the molecule is CC(C)COCC1COC(C)(C)O1. The maximum atomic E-state index is 5.58. The summed E-state index contributed by atoms with van der Waals surface area (Å²) in [5.74, 6) is 0.154. The lowest BCUT2D eigenvalue weighted by Gasteiger charge is -2.17. The Morgan fingerprint density at radius 2 is 2.15 bits per heavy atom. The van der Waals surface area contributed by atoms with Gasteiger partial charge in [-0.1, -0.05) is 13.8 Å². The van der Waals surface area contributed by atoms with Crippen LogP contribution in [0.4, 0.5) is 0 Å². The zero-order valence-corrected chi connectivity index (χ0v) is 9.00. The summed E-state index contributed by atoms with van der Waals surface area (Å²) in [5.41, 5.74) is 0. The second-order valence-corrected chi connectivity index (χ2v) is 4.38. The lowest BCUT2D eigenvalue weighted by atomic mass is 10.2. The molecule has 0 saturated carbocycles. The second kappa shape index (κ2) is 4.40. The van der Waals surface area contributed by atoms with Crippen molar-refractivity contribution in [3.8, 4) is 0 Å². The van der Waals surface area contributed by atoms with E-state index in [-0.39, 0.29) is 6.10 Å². The summed E-state index contributed by atoms with van der Waals surface area (Å²) in [7, 11) is 0. The van der Waals surface area contributed by atoms with Gasteiger partial charge in [-0.15, -0.1) is 0 Å². The van der Waals surface area contributed by atoms with Gasteiger partial charge in [0.25, 0.3) is 0 Å². The van der Waals surface area contributed by atoms with E-state index in [0.29, 0.717) is 19.1 Å². The molecule has 0 N–H and O–H groups in total. The first kappa shape index (κ1) is 11.0. The van der Waals surface area contributed by atoms with Crippen molar-refractivity contribution in [2.24, 2.45) is 5.92 Å². The highest BCUT2D eigenvalue weighted by atomic mass is 16.7. The van der Waals surface area contributed by atoms with Crippen molar-refractivity contribution in [3.63, 3.8) is 0 Å². The van der Waals surface area contributed by atoms with Gasteiger partial charge in [-0.2, -0.15) is 0 Å². The Hall–Kier alpha value is -0.120. The summed E-state index contributed by atoms with van der Waals surface area (Å²) in [6.45, 7) is 10.2. The predicted octanol–water partition coefficient (Wildman–Crippen LogP) is 1.81. The Kier molecular flexibility index (Phi) is 3.71. The van der Waals surface area contributed by atoms with Crippen LogP contribution >= 0.6 is 0 Å². The minimum absolute atomic E-state index is 0.105. The molecule has 3 heteroatoms. The van der Waals surface area contributed by atoms with E-state index in [4.69, 9.17) is 14.2 Å². The summed E-state index contributed by atoms with van der Waals surface area (Å²) in [6.07, 6.45) is 0.105. The molecule has 1 aliphatic rings. The molecule has 0 aromatic heterocycles. The van der Waals surface area contributed by atoms with Crippen LogP contribution in [-0.2, 0) is 14.2 Å². The van der Waals surface area contributed by atoms with Gasteiger partial charge >= 0.3 is 0 Å². The van der Waals surface area contributed by atoms with Crippen molar-refractivity contribution in [2.45, 2.75) is 39.6 Å². The smallest absolute Gasteiger partial charge is 0.163 e. The van der Waals surface area contributed by atoms with Gasteiger partial charge in [0, 0.05) is 6.61 Å². The summed E-state index contributed by atoms with van der Waals surface area (Å²) >= 11 is 0. The van der Waals surface area contributed by atoms with Gasteiger partial charge in [0.15, 0.2) is 5.79 Å². The summed E-state index contributed by atoms with van der Waals surface area (Å²) in [4.78, 5) is 0. The van der Waals surface area contributed by atoms with Crippen LogP contribution in [-0.4, -0.2) is 31.7 Å². The molecule has 1 rings (SSSR count). The lowest BCUT2D eigenvalue weighted by molar-refractivity contribution is -0.145. The van der Waals surface area contributed by atoms with E-state index >= 15 is 0 Å². The monoisotopic (exact) mass is 188 g/mol. The highest BCUT2D eigenvalue weighted by Gasteiger charge is 2.32. The van der Waals surface area contributed by atoms with Crippen LogP contribution in [0.15, 0.2) is 0 Å². The van der Waals surface area contributed by atoms with E-state index in [1.54, 1.807) is 0 Å². The Morgan fingerprint density at radius 3 is 2.62 bits per heavy atom. The fourth-order valence-corrected chi connectivity index (χ4v) is 1.28. The third-order valence-corrected chi connectivity index (χ3v) is 1.82. The van der Waals surface area contributed by atoms with Crippen LogP contribution in [0.5, 0.6) is 0 Å². The van der Waals surface area contributed by atoms with Crippen LogP contribution in [0.3, 0.4) is 0 Å². The zero-order chi connectivity index (χ0) is 9.90. The highest BCUT2D eigenvalue weighted by molar-refractivity contribution is 4.70. The maximum Gasteiger partial charge on any atom is 0.163 e. The van der Waals surface area contributed by atoms with Crippen molar-refractivity contribution in [1.29, 1.82) is 0 Å². The first-order valence-corrected chi connectivity index (χ1v) is 4.89. The zero-order valence-electron chi connectivity index (χ0n) is 9.00. The van der Waals surface area contributed by atoms with E-state index in [0.717, 1.165) is 6.61 Å². The van der Waals surface area contributed by atoms with Crippen molar-refractivity contribution in [3.05, 3.63) is 0 Å². The third kappa shape index (κ3) is 4.07. The van der Waals surface area contributed by atoms with Gasteiger partial charge in [0.2, 0.25) is 0 Å². The molecule has 1 fully saturated rings. The molecular weight excluding hydrogens is 168 g/mol. The molecule has 0 radical (unpaired) electrons. The summed E-state index contributed by atoms with van der Waals surface area (Å²) < 4.78 is 16.5. The highest BCUT2D eigenvalue weighted by Crippen LogP contribution is 2.22. The van der Waals surface area contributed by atoms with Gasteiger partial charge in [-0.3, -0.25) is 0 Å². The largest absolute Gasteiger partial charge is 0.378 e. The molecule has 1 atom stereocenters. The lowest BCUT2D eigenvalue weighted by Crippen LogP contribution is -2.24. The molecule has 1 heterocycles. The first-order valence-electron chi connectivity index (χ1n) is 4.89. The average molecular weight is 188 g/mol. The van der Waals surface area contributed by atoms with Gasteiger partial charge in [-0.25, -0.2) is 0 Å². The quantitative estimate of drug-likeness (QED) is 0.673. The Morgan fingerprint density at radius 1 is 1.46 bits per heavy atom. The minimum Gasteiger partial charge on any atom is -0.378 e. The minimum atomic E-state index is -0.425. The third-order valence-electron chi connectivity index (χ3n) is 1.82. The van der Waals surface area contributed by atoms with Crippen molar-refractivity contribution < 1.29 is 14.2 Å². The molecule has 0 aromatic carbocycles. The molecule has 3 nitrogen and oxygen atoms in total. The van der Waals surface area contributed by atoms with E-state index < -0.39 is 5.79 Å². The van der Waals surface area contributed by atoms with E-state index in [9.17, 15) is 0 Å². The van der Waals surface area contributed by atoms with Gasteiger partial charge < -0.3 is 14.2 Å². The van der Waals surface area contributed by atoms with E-state index in [1.165, 1.54) is 0 Å². The number of rotatable bonds is 4. The van der Waals surface area contributed by atoms with Crippen LogP contribution < -0.4 is 0 Å². The van der Waals surface area contributed by atoms with Gasteiger partial charge in [0.1, 0.15) is 6.10 Å². The Balaban J connectivity index is 2.11. The molecule has 0 bridgehead atoms. The topological polar surface area (TPSA) is 27.7 Å². The number of hydrogen-bond donors (Lipinski definition) is 0. The van der Waals surface area contributed by atoms with Gasteiger partial charge in [0.05, 0.1) is 13.2 Å². The van der Waals surface area contributed by atoms with E-state index in [1.807, 2.05) is 13.8 Å². The summed E-state index contributed by atoms with van der Waals surface area (Å²) in [5, 5.41) is 0. The molecule has 1 unspecified atom stereocenters. The van der Waals surface area contributed by atoms with Crippen LogP contribution in [0.2, 0.25) is 0 Å². The first-order chi connectivity index (χ1) is 5.99. The van der Waals surface area contributed by atoms with Gasteiger partial charge in [-0.05, 0) is 19.8 Å². The fourth-order valence-electron chi connectivity index (χ4n) is 1.28.